The summed E-state index contributed by atoms with van der Waals surface area (Å²) in [5.74, 6) is -0.00600. The van der Waals surface area contributed by atoms with Gasteiger partial charge in [-0.15, -0.1) is 0 Å². The molecular weight excluding hydrogens is 318 g/mol. The Morgan fingerprint density at radius 1 is 1.12 bits per heavy atom. The Morgan fingerprint density at radius 3 is 2.36 bits per heavy atom. The third-order valence-corrected chi connectivity index (χ3v) is 4.77. The predicted octanol–water partition coefficient (Wildman–Crippen LogP) is 3.43. The van der Waals surface area contributed by atoms with E-state index in [1.165, 1.54) is 20.0 Å². The molecule has 5 nitrogen and oxygen atoms in total. The van der Waals surface area contributed by atoms with Gasteiger partial charge in [-0.3, -0.25) is 9.59 Å². The van der Waals surface area contributed by atoms with Gasteiger partial charge in [0.2, 0.25) is 0 Å². The lowest BCUT2D eigenvalue weighted by molar-refractivity contribution is -0.147. The van der Waals surface area contributed by atoms with Gasteiger partial charge in [0, 0.05) is 12.6 Å². The fourth-order valence-corrected chi connectivity index (χ4v) is 3.34. The molecule has 0 saturated heterocycles. The summed E-state index contributed by atoms with van der Waals surface area (Å²) < 4.78 is 10.5. The third-order valence-electron chi connectivity index (χ3n) is 4.77. The first-order valence-corrected chi connectivity index (χ1v) is 9.17. The molecule has 25 heavy (non-hydrogen) atoms. The van der Waals surface area contributed by atoms with Gasteiger partial charge in [0.1, 0.15) is 5.75 Å². The lowest BCUT2D eigenvalue weighted by Crippen LogP contribution is -2.46. The van der Waals surface area contributed by atoms with Gasteiger partial charge in [0.15, 0.2) is 6.61 Å². The number of hydrogen-bond acceptors (Lipinski definition) is 4. The molecule has 0 N–H and O–H groups in total. The molecule has 2 rings (SSSR count). The molecule has 1 aliphatic rings. The summed E-state index contributed by atoms with van der Waals surface area (Å²) in [5.41, 5.74) is 0. The first-order valence-electron chi connectivity index (χ1n) is 9.17. The molecule has 1 unspecified atom stereocenters. The fraction of sp³-hybridized carbons (Fsp3) is 0.600. The van der Waals surface area contributed by atoms with Crippen molar-refractivity contribution >= 4 is 11.9 Å². The number of benzene rings is 1. The van der Waals surface area contributed by atoms with Crippen molar-refractivity contribution in [2.75, 3.05) is 20.3 Å². The van der Waals surface area contributed by atoms with E-state index in [-0.39, 0.29) is 30.4 Å². The van der Waals surface area contributed by atoms with Crippen LogP contribution in [0.25, 0.3) is 0 Å². The minimum absolute atomic E-state index is 0.00555. The average molecular weight is 347 g/mol. The van der Waals surface area contributed by atoms with Crippen molar-refractivity contribution in [1.29, 1.82) is 0 Å². The smallest absolute Gasteiger partial charge is 0.310 e. The molecule has 1 amide bonds. The van der Waals surface area contributed by atoms with Gasteiger partial charge < -0.3 is 14.4 Å². The predicted molar refractivity (Wildman–Crippen MR) is 96.3 cm³/mol. The van der Waals surface area contributed by atoms with Crippen molar-refractivity contribution < 1.29 is 19.1 Å². The van der Waals surface area contributed by atoms with Crippen molar-refractivity contribution in [1.82, 2.24) is 4.90 Å². The summed E-state index contributed by atoms with van der Waals surface area (Å²) in [5, 5.41) is 0. The second-order valence-corrected chi connectivity index (χ2v) is 6.72. The van der Waals surface area contributed by atoms with E-state index < -0.39 is 0 Å². The van der Waals surface area contributed by atoms with Crippen molar-refractivity contribution in [3.05, 3.63) is 30.3 Å². The Kier molecular flexibility index (Phi) is 7.76. The number of rotatable bonds is 7. The van der Waals surface area contributed by atoms with E-state index in [1.54, 1.807) is 6.92 Å². The van der Waals surface area contributed by atoms with E-state index in [9.17, 15) is 9.59 Å². The number of para-hydroxylation sites is 1. The molecule has 1 atom stereocenters. The molecule has 0 heterocycles. The van der Waals surface area contributed by atoms with Crippen LogP contribution in [0.15, 0.2) is 30.3 Å². The molecule has 138 valence electrons. The third kappa shape index (κ3) is 6.07. The second kappa shape index (κ2) is 10.1. The highest BCUT2D eigenvalue weighted by Crippen LogP contribution is 2.23. The quantitative estimate of drug-likeness (QED) is 0.560. The number of carbonyl (C=O) groups is 2. The first-order chi connectivity index (χ1) is 12.1. The number of ether oxygens (including phenoxy) is 2. The molecule has 0 bridgehead atoms. The summed E-state index contributed by atoms with van der Waals surface area (Å²) in [6.45, 7) is 2.18. The Bertz CT molecular complexity index is 538. The minimum Gasteiger partial charge on any atom is -0.484 e. The molecule has 5 heteroatoms. The van der Waals surface area contributed by atoms with E-state index >= 15 is 0 Å². The summed E-state index contributed by atoms with van der Waals surface area (Å²) in [7, 11) is 1.38. The SMILES string of the molecule is COC(=O)C(C)CN(C(=O)COc1ccccc1)C1CCCCCC1. The maximum absolute atomic E-state index is 12.8. The van der Waals surface area contributed by atoms with Crippen LogP contribution in [0.4, 0.5) is 0 Å². The average Bonchev–Trinajstić information content (AvgIpc) is 2.93. The van der Waals surface area contributed by atoms with E-state index in [1.807, 2.05) is 35.2 Å². The minimum atomic E-state index is -0.339. The largest absolute Gasteiger partial charge is 0.484 e. The lowest BCUT2D eigenvalue weighted by Gasteiger charge is -2.32. The summed E-state index contributed by atoms with van der Waals surface area (Å²) in [6.07, 6.45) is 6.66. The molecule has 1 aromatic carbocycles. The second-order valence-electron chi connectivity index (χ2n) is 6.72. The van der Waals surface area contributed by atoms with Gasteiger partial charge in [-0.25, -0.2) is 0 Å². The Labute approximate surface area is 150 Å². The molecule has 1 aliphatic carbocycles. The number of nitrogens with zero attached hydrogens (tertiary/aromatic N) is 1. The number of carbonyl (C=O) groups excluding carboxylic acids is 2. The highest BCUT2D eigenvalue weighted by Gasteiger charge is 2.28. The van der Waals surface area contributed by atoms with Crippen LogP contribution in [0.5, 0.6) is 5.75 Å². The normalized spacial score (nSPS) is 16.6. The van der Waals surface area contributed by atoms with Gasteiger partial charge in [-0.1, -0.05) is 50.8 Å². The summed E-state index contributed by atoms with van der Waals surface area (Å²) in [6, 6.07) is 9.51. The molecule has 1 aromatic rings. The Morgan fingerprint density at radius 2 is 1.76 bits per heavy atom. The standard InChI is InChI=1S/C20H29NO4/c1-16(20(23)24-2)14-21(17-10-6-3-4-7-11-17)19(22)15-25-18-12-8-5-9-13-18/h5,8-9,12-13,16-17H,3-4,6-7,10-11,14-15H2,1-2H3. The molecule has 0 spiro atoms. The number of esters is 1. The van der Waals surface area contributed by atoms with Crippen molar-refractivity contribution in [3.8, 4) is 5.75 Å². The number of amides is 1. The first kappa shape index (κ1) is 19.3. The Hall–Kier alpha value is -2.04. The maximum atomic E-state index is 12.8. The van der Waals surface area contributed by atoms with Crippen molar-refractivity contribution in [2.24, 2.45) is 5.92 Å². The van der Waals surface area contributed by atoms with Gasteiger partial charge in [0.05, 0.1) is 13.0 Å². The van der Waals surface area contributed by atoms with Gasteiger partial charge in [-0.2, -0.15) is 0 Å². The Balaban J connectivity index is 2.03. The zero-order chi connectivity index (χ0) is 18.1. The van der Waals surface area contributed by atoms with Crippen LogP contribution in [-0.4, -0.2) is 43.1 Å². The van der Waals surface area contributed by atoms with Crippen LogP contribution in [0, 0.1) is 5.92 Å². The van der Waals surface area contributed by atoms with Crippen LogP contribution < -0.4 is 4.74 Å². The van der Waals surface area contributed by atoms with E-state index in [2.05, 4.69) is 0 Å². The van der Waals surface area contributed by atoms with Crippen LogP contribution in [0.1, 0.15) is 45.4 Å². The molecule has 1 fully saturated rings. The van der Waals surface area contributed by atoms with Crippen LogP contribution >= 0.6 is 0 Å². The molecule has 1 saturated carbocycles. The van der Waals surface area contributed by atoms with Crippen LogP contribution in [-0.2, 0) is 14.3 Å². The molecule has 0 aromatic heterocycles. The highest BCUT2D eigenvalue weighted by molar-refractivity contribution is 5.79. The lowest BCUT2D eigenvalue weighted by atomic mass is 10.0. The van der Waals surface area contributed by atoms with Gasteiger partial charge >= 0.3 is 5.97 Å². The number of methoxy groups -OCH3 is 1. The van der Waals surface area contributed by atoms with E-state index in [4.69, 9.17) is 9.47 Å². The summed E-state index contributed by atoms with van der Waals surface area (Å²) in [4.78, 5) is 26.5. The molecule has 0 aliphatic heterocycles. The van der Waals surface area contributed by atoms with Crippen LogP contribution in [0.3, 0.4) is 0 Å². The zero-order valence-corrected chi connectivity index (χ0v) is 15.3. The molecular formula is C20H29NO4. The molecule has 0 radical (unpaired) electrons. The topological polar surface area (TPSA) is 55.8 Å². The van der Waals surface area contributed by atoms with Crippen molar-refractivity contribution in [3.63, 3.8) is 0 Å². The van der Waals surface area contributed by atoms with Crippen LogP contribution in [0.2, 0.25) is 0 Å². The highest BCUT2D eigenvalue weighted by atomic mass is 16.5. The monoisotopic (exact) mass is 347 g/mol. The van der Waals surface area contributed by atoms with Crippen molar-refractivity contribution in [2.45, 2.75) is 51.5 Å². The number of hydrogen-bond donors (Lipinski definition) is 0. The fourth-order valence-electron chi connectivity index (χ4n) is 3.34. The maximum Gasteiger partial charge on any atom is 0.310 e. The summed E-state index contributed by atoms with van der Waals surface area (Å²) >= 11 is 0. The van der Waals surface area contributed by atoms with Gasteiger partial charge in [0.25, 0.3) is 5.91 Å². The van der Waals surface area contributed by atoms with E-state index in [0.717, 1.165) is 25.7 Å². The zero-order valence-electron chi connectivity index (χ0n) is 15.3. The van der Waals surface area contributed by atoms with Gasteiger partial charge in [-0.05, 0) is 25.0 Å². The van der Waals surface area contributed by atoms with E-state index in [0.29, 0.717) is 12.3 Å².